The van der Waals surface area contributed by atoms with Crippen molar-refractivity contribution in [2.75, 3.05) is 125 Å². The number of nitrogens with zero attached hydrogens (tertiary/aromatic N) is 6. The first-order valence-electron chi connectivity index (χ1n) is 28.4. The van der Waals surface area contributed by atoms with Crippen molar-refractivity contribution in [3.8, 4) is 34.1 Å². The van der Waals surface area contributed by atoms with E-state index in [4.69, 9.17) is 38.9 Å². The molecule has 2 aromatic heterocycles. The molecule has 0 atom stereocenters. The molecule has 8 aromatic rings. The van der Waals surface area contributed by atoms with E-state index in [1.165, 1.54) is 9.80 Å². The Morgan fingerprint density at radius 2 is 0.820 bits per heavy atom. The maximum absolute atomic E-state index is 13.2. The average Bonchev–Trinajstić information content (AvgIpc) is 1.01. The molecule has 2 aliphatic heterocycles. The van der Waals surface area contributed by atoms with Crippen molar-refractivity contribution in [1.82, 2.24) is 9.80 Å². The Hall–Kier alpha value is -8.82. The minimum absolute atomic E-state index is 0. The van der Waals surface area contributed by atoms with Gasteiger partial charge in [-0.1, -0.05) is 97.1 Å². The van der Waals surface area contributed by atoms with Crippen LogP contribution in [0, 0.1) is 13.8 Å². The summed E-state index contributed by atoms with van der Waals surface area (Å²) in [6, 6.07) is 44.6. The monoisotopic (exact) mass is 1260 g/mol. The number of piperazine rings is 2. The second-order valence-corrected chi connectivity index (χ2v) is 23.9. The summed E-state index contributed by atoms with van der Waals surface area (Å²) in [5, 5.41) is 0.867. The Balaban J connectivity index is 0.000000244. The van der Waals surface area contributed by atoms with Gasteiger partial charge in [0, 0.05) is 87.7 Å². The van der Waals surface area contributed by atoms with Crippen LogP contribution in [0.4, 0.5) is 32.3 Å². The highest BCUT2D eigenvalue weighted by Crippen LogP contribution is 2.35. The van der Waals surface area contributed by atoms with Crippen molar-refractivity contribution in [1.29, 1.82) is 0 Å². The molecule has 0 saturated carbocycles. The summed E-state index contributed by atoms with van der Waals surface area (Å²) in [7, 11) is -3.94. The Labute approximate surface area is 518 Å². The number of hydrogen-bond donors (Lipinski definition) is 4. The molecule has 2 fully saturated rings. The zero-order valence-corrected chi connectivity index (χ0v) is 52.3. The normalized spacial score (nSPS) is 13.5. The van der Waals surface area contributed by atoms with Gasteiger partial charge in [-0.3, -0.25) is 38.3 Å². The summed E-state index contributed by atoms with van der Waals surface area (Å²) in [6.45, 7) is 13.3. The number of carbonyl (C=O) groups is 2. The molecule has 8 N–H and O–H groups in total. The molecule has 23 nitrogen and oxygen atoms in total. The maximum atomic E-state index is 13.2. The van der Waals surface area contributed by atoms with Gasteiger partial charge in [0.25, 0.3) is 20.2 Å². The molecule has 0 aliphatic carbocycles. The summed E-state index contributed by atoms with van der Waals surface area (Å²) in [6.07, 6.45) is 2.89. The lowest BCUT2D eigenvalue weighted by molar-refractivity contribution is 0.246. The number of urea groups is 2. The van der Waals surface area contributed by atoms with Crippen molar-refractivity contribution in [2.45, 2.75) is 26.7 Å². The molecular formula is C64H78N8O15S2. The largest absolute Gasteiger partial charge is 0.495 e. The number of hydrogen-bond acceptors (Lipinski definition) is 16. The van der Waals surface area contributed by atoms with Crippen LogP contribution < -0.4 is 51.4 Å². The highest BCUT2D eigenvalue weighted by atomic mass is 32.2. The topological polar surface area (TPSA) is 325 Å². The summed E-state index contributed by atoms with van der Waals surface area (Å²) < 4.78 is 75.4. The third-order valence-corrected chi connectivity index (χ3v) is 14.7. The van der Waals surface area contributed by atoms with Crippen molar-refractivity contribution in [3.05, 3.63) is 177 Å². The fraction of sp³-hybridized carbons (Fsp3) is 0.312. The van der Waals surface area contributed by atoms with Gasteiger partial charge in [0.15, 0.2) is 22.0 Å². The third kappa shape index (κ3) is 19.1. The number of methoxy groups -OCH3 is 2. The van der Waals surface area contributed by atoms with Crippen LogP contribution in [-0.2, 0) is 20.2 Å². The maximum Gasteiger partial charge on any atom is 0.319 e. The molecule has 476 valence electrons. The third-order valence-electron chi connectivity index (χ3n) is 14.7. The van der Waals surface area contributed by atoms with E-state index in [1.807, 2.05) is 97.1 Å². The number of carbonyl (C=O) groups excluding carboxylic acids is 2. The van der Waals surface area contributed by atoms with Crippen LogP contribution in [0.25, 0.3) is 44.6 Å². The van der Waals surface area contributed by atoms with Crippen LogP contribution in [0.3, 0.4) is 0 Å². The first kappa shape index (κ1) is 69.3. The number of para-hydroxylation sites is 6. The summed E-state index contributed by atoms with van der Waals surface area (Å²) >= 11 is 0. The number of benzene rings is 6. The van der Waals surface area contributed by atoms with Crippen LogP contribution in [-0.4, -0.2) is 159 Å². The molecule has 2 aliphatic rings. The first-order valence-corrected chi connectivity index (χ1v) is 32.1. The van der Waals surface area contributed by atoms with Gasteiger partial charge in [-0.25, -0.2) is 9.59 Å². The van der Waals surface area contributed by atoms with Crippen molar-refractivity contribution in [2.24, 2.45) is 11.5 Å². The Morgan fingerprint density at radius 3 is 1.13 bits per heavy atom. The zero-order valence-electron chi connectivity index (χ0n) is 50.7. The van der Waals surface area contributed by atoms with E-state index in [0.29, 0.717) is 81.6 Å². The quantitative estimate of drug-likeness (QED) is 0.0667. The second kappa shape index (κ2) is 31.9. The van der Waals surface area contributed by atoms with Gasteiger partial charge < -0.3 is 45.1 Å². The molecule has 0 radical (unpaired) electrons. The highest BCUT2D eigenvalue weighted by Gasteiger charge is 2.26. The fourth-order valence-electron chi connectivity index (χ4n) is 10.6. The minimum Gasteiger partial charge on any atom is -0.495 e. The van der Waals surface area contributed by atoms with E-state index in [1.54, 1.807) is 64.5 Å². The van der Waals surface area contributed by atoms with Gasteiger partial charge in [0.2, 0.25) is 0 Å². The first-order chi connectivity index (χ1) is 41.9. The lowest BCUT2D eigenvalue weighted by Gasteiger charge is -2.36. The molecule has 25 heteroatoms. The van der Waals surface area contributed by atoms with Gasteiger partial charge in [0.05, 0.1) is 60.3 Å². The smallest absolute Gasteiger partial charge is 0.319 e. The minimum atomic E-state index is -3.67. The predicted molar refractivity (Wildman–Crippen MR) is 350 cm³/mol. The molecule has 6 aromatic carbocycles. The van der Waals surface area contributed by atoms with Crippen LogP contribution in [0.1, 0.15) is 24.0 Å². The zero-order chi connectivity index (χ0) is 63.7. The molecule has 0 unspecified atom stereocenters. The Bertz CT molecular complexity index is 3750. The van der Waals surface area contributed by atoms with Gasteiger partial charge >= 0.3 is 12.1 Å². The molecule has 10 rings (SSSR count). The second-order valence-electron chi connectivity index (χ2n) is 21.0. The number of primary amides is 2. The number of rotatable bonds is 16. The van der Waals surface area contributed by atoms with Crippen molar-refractivity contribution >= 4 is 77.0 Å². The highest BCUT2D eigenvalue weighted by molar-refractivity contribution is 7.85. The van der Waals surface area contributed by atoms with E-state index < -0.39 is 32.3 Å². The summed E-state index contributed by atoms with van der Waals surface area (Å²) in [4.78, 5) is 64.2. The summed E-state index contributed by atoms with van der Waals surface area (Å²) in [5.74, 6) is 2.77. The van der Waals surface area contributed by atoms with Gasteiger partial charge in [-0.2, -0.15) is 16.8 Å². The molecule has 0 spiro atoms. The van der Waals surface area contributed by atoms with Crippen molar-refractivity contribution < 1.29 is 59.3 Å². The van der Waals surface area contributed by atoms with Gasteiger partial charge in [-0.05, 0) is 88.3 Å². The Kier molecular flexibility index (Phi) is 24.8. The molecule has 4 heterocycles. The van der Waals surface area contributed by atoms with Gasteiger partial charge in [-0.15, -0.1) is 0 Å². The lowest BCUT2D eigenvalue weighted by Crippen LogP contribution is -2.47. The van der Waals surface area contributed by atoms with E-state index >= 15 is 0 Å². The lowest BCUT2D eigenvalue weighted by atomic mass is 10.1. The van der Waals surface area contributed by atoms with Crippen LogP contribution in [0.15, 0.2) is 164 Å². The number of anilines is 4. The number of fused-ring (bicyclic) bond motifs is 2. The SMILES string of the molecule is COc1ccccc1N1CCN(CCCN(C(N)=O)c2cccc3c(=O)c(C)c(-c4ccccc4)oc23)CC1.COc1ccccc1N1CCN(CCCN(C(N)=O)c2cccc3c(=O)c(C)c(-c4ccccc4)oc23)CC1.CS(=O)(=O)O.CS(=O)(=O)O.O. The molecule has 89 heavy (non-hydrogen) atoms. The standard InChI is InChI=1S/2C31H34N4O4.2CH4O3S.H2O/c2*1-22-28(36)24-12-8-14-26(30(24)39-29(22)23-10-4-3-5-11-23)35(31(32)37)17-9-16-33-18-20-34(21-19-33)25-13-6-7-15-27(25)38-2;2*1-5(2,3)4;/h2*3-8,10-15H,9,16-21H2,1-2H3,(H2,32,37);2*1H3,(H,2,3,4);1H2. The van der Waals surface area contributed by atoms with Crippen LogP contribution >= 0.6 is 0 Å². The van der Waals surface area contributed by atoms with E-state index in [2.05, 4.69) is 31.7 Å². The van der Waals surface area contributed by atoms with Crippen molar-refractivity contribution in [3.63, 3.8) is 0 Å². The number of ether oxygens (including phenoxy) is 2. The average molecular weight is 1260 g/mol. The van der Waals surface area contributed by atoms with E-state index in [0.717, 1.165) is 112 Å². The summed E-state index contributed by atoms with van der Waals surface area (Å²) in [5.41, 5.74) is 18.1. The van der Waals surface area contributed by atoms with Crippen LogP contribution in [0.5, 0.6) is 11.5 Å². The molecule has 2 saturated heterocycles. The number of nitrogens with two attached hydrogens (primary N) is 2. The van der Waals surface area contributed by atoms with E-state index in [9.17, 15) is 36.0 Å². The fourth-order valence-corrected chi connectivity index (χ4v) is 10.6. The molecular weight excluding hydrogens is 1180 g/mol. The van der Waals surface area contributed by atoms with Gasteiger partial charge in [0.1, 0.15) is 23.0 Å². The predicted octanol–water partition coefficient (Wildman–Crippen LogP) is 7.93. The van der Waals surface area contributed by atoms with Crippen LogP contribution in [0.2, 0.25) is 0 Å². The van der Waals surface area contributed by atoms with E-state index in [-0.39, 0.29) is 16.3 Å². The Morgan fingerprint density at radius 1 is 0.506 bits per heavy atom. The molecule has 0 bridgehead atoms. The molecule has 4 amide bonds. The number of amides is 4.